The maximum atomic E-state index is 13.4. The molecule has 1 aliphatic carbocycles. The highest BCUT2D eigenvalue weighted by atomic mass is 19.2. The van der Waals surface area contributed by atoms with Gasteiger partial charge in [0.05, 0.1) is 7.11 Å². The number of methoxy groups -OCH3 is 1. The lowest BCUT2D eigenvalue weighted by molar-refractivity contribution is 0.297. The number of benzene rings is 1. The summed E-state index contributed by atoms with van der Waals surface area (Å²) in [5, 5.41) is 0. The van der Waals surface area contributed by atoms with Crippen molar-refractivity contribution in [2.75, 3.05) is 7.11 Å². The zero-order valence-corrected chi connectivity index (χ0v) is 9.93. The summed E-state index contributed by atoms with van der Waals surface area (Å²) >= 11 is 0. The Bertz CT molecular complexity index is 414. The number of hydrogen-bond donors (Lipinski definition) is 1. The van der Waals surface area contributed by atoms with Crippen molar-refractivity contribution in [2.24, 2.45) is 5.73 Å². The summed E-state index contributed by atoms with van der Waals surface area (Å²) in [6.07, 6.45) is 4.82. The molecule has 2 nitrogen and oxygen atoms in total. The Kier molecular flexibility index (Phi) is 3.33. The molecule has 0 aliphatic heterocycles. The Balaban J connectivity index is 2.41. The molecule has 0 atom stereocenters. The van der Waals surface area contributed by atoms with E-state index < -0.39 is 17.2 Å². The van der Waals surface area contributed by atoms with Gasteiger partial charge in [-0.3, -0.25) is 0 Å². The van der Waals surface area contributed by atoms with Crippen molar-refractivity contribution in [1.82, 2.24) is 0 Å². The van der Waals surface area contributed by atoms with E-state index in [-0.39, 0.29) is 5.75 Å². The highest BCUT2D eigenvalue weighted by molar-refractivity contribution is 5.35. The van der Waals surface area contributed by atoms with Crippen LogP contribution in [0.3, 0.4) is 0 Å². The molecule has 0 amide bonds. The van der Waals surface area contributed by atoms with Crippen molar-refractivity contribution < 1.29 is 13.5 Å². The zero-order chi connectivity index (χ0) is 12.5. The van der Waals surface area contributed by atoms with Gasteiger partial charge >= 0.3 is 0 Å². The van der Waals surface area contributed by atoms with Crippen LogP contribution in [0.2, 0.25) is 0 Å². The second kappa shape index (κ2) is 4.61. The quantitative estimate of drug-likeness (QED) is 0.863. The van der Waals surface area contributed by atoms with Crippen molar-refractivity contribution >= 4 is 0 Å². The van der Waals surface area contributed by atoms with Crippen LogP contribution in [0.15, 0.2) is 12.1 Å². The molecule has 0 heterocycles. The second-order valence-corrected chi connectivity index (χ2v) is 4.69. The highest BCUT2D eigenvalue weighted by Crippen LogP contribution is 2.37. The van der Waals surface area contributed by atoms with Gasteiger partial charge in [0.1, 0.15) is 0 Å². The van der Waals surface area contributed by atoms with Crippen LogP contribution in [-0.4, -0.2) is 7.11 Å². The van der Waals surface area contributed by atoms with Gasteiger partial charge in [0.25, 0.3) is 0 Å². The summed E-state index contributed by atoms with van der Waals surface area (Å²) in [6, 6.07) is 2.72. The van der Waals surface area contributed by atoms with Crippen molar-refractivity contribution in [2.45, 2.75) is 37.6 Å². The molecule has 0 saturated heterocycles. The molecule has 2 rings (SSSR count). The first-order chi connectivity index (χ1) is 8.07. The molecule has 1 fully saturated rings. The molecular formula is C13H17F2NO. The predicted molar refractivity (Wildman–Crippen MR) is 61.9 cm³/mol. The summed E-state index contributed by atoms with van der Waals surface area (Å²) < 4.78 is 31.6. The van der Waals surface area contributed by atoms with Gasteiger partial charge in [-0.2, -0.15) is 4.39 Å². The van der Waals surface area contributed by atoms with Gasteiger partial charge in [-0.1, -0.05) is 19.3 Å². The summed E-state index contributed by atoms with van der Waals surface area (Å²) in [4.78, 5) is 0. The summed E-state index contributed by atoms with van der Waals surface area (Å²) in [5.74, 6) is -1.92. The van der Waals surface area contributed by atoms with Crippen LogP contribution >= 0.6 is 0 Å². The Morgan fingerprint density at radius 1 is 1.18 bits per heavy atom. The molecule has 4 heteroatoms. The lowest BCUT2D eigenvalue weighted by Crippen LogP contribution is -2.38. The molecule has 0 bridgehead atoms. The molecule has 2 N–H and O–H groups in total. The number of nitrogens with two attached hydrogens (primary N) is 1. The van der Waals surface area contributed by atoms with Crippen LogP contribution < -0.4 is 10.5 Å². The van der Waals surface area contributed by atoms with Gasteiger partial charge in [0.15, 0.2) is 11.6 Å². The van der Waals surface area contributed by atoms with Gasteiger partial charge in [-0.05, 0) is 30.5 Å². The van der Waals surface area contributed by atoms with E-state index in [0.717, 1.165) is 32.1 Å². The van der Waals surface area contributed by atoms with E-state index in [4.69, 9.17) is 10.5 Å². The third-order valence-corrected chi connectivity index (χ3v) is 3.54. The normalized spacial score (nSPS) is 19.1. The summed E-state index contributed by atoms with van der Waals surface area (Å²) in [6.45, 7) is 0. The predicted octanol–water partition coefficient (Wildman–Crippen LogP) is 3.09. The smallest absolute Gasteiger partial charge is 0.200 e. The van der Waals surface area contributed by atoms with Crippen LogP contribution in [-0.2, 0) is 5.54 Å². The maximum absolute atomic E-state index is 13.4. The van der Waals surface area contributed by atoms with Crippen molar-refractivity contribution in [3.05, 3.63) is 29.3 Å². The number of rotatable bonds is 2. The third-order valence-electron chi connectivity index (χ3n) is 3.54. The van der Waals surface area contributed by atoms with Gasteiger partial charge < -0.3 is 10.5 Å². The van der Waals surface area contributed by atoms with E-state index >= 15 is 0 Å². The Morgan fingerprint density at radius 2 is 1.82 bits per heavy atom. The van der Waals surface area contributed by atoms with E-state index in [9.17, 15) is 8.78 Å². The van der Waals surface area contributed by atoms with Gasteiger partial charge in [-0.25, -0.2) is 4.39 Å². The molecule has 1 saturated carbocycles. The van der Waals surface area contributed by atoms with Crippen molar-refractivity contribution in [3.63, 3.8) is 0 Å². The van der Waals surface area contributed by atoms with Crippen LogP contribution in [0.1, 0.15) is 37.7 Å². The van der Waals surface area contributed by atoms with Gasteiger partial charge in [0.2, 0.25) is 5.82 Å². The fourth-order valence-corrected chi connectivity index (χ4v) is 2.47. The SMILES string of the molecule is COc1cc(C2(N)CCCCC2)cc(F)c1F. The molecule has 1 aromatic rings. The van der Waals surface area contributed by atoms with Crippen LogP contribution in [0.5, 0.6) is 5.75 Å². The standard InChI is InChI=1S/C13H17F2NO/c1-17-11-8-9(7-10(14)12(11)15)13(16)5-3-2-4-6-13/h7-8H,2-6,16H2,1H3. The van der Waals surface area contributed by atoms with Crippen LogP contribution in [0.25, 0.3) is 0 Å². The molecule has 0 spiro atoms. The number of ether oxygens (including phenoxy) is 1. The fourth-order valence-electron chi connectivity index (χ4n) is 2.47. The summed E-state index contributed by atoms with van der Waals surface area (Å²) in [5.41, 5.74) is 6.37. The molecule has 94 valence electrons. The first-order valence-corrected chi connectivity index (χ1v) is 5.89. The average molecular weight is 241 g/mol. The maximum Gasteiger partial charge on any atom is 0.200 e. The van der Waals surface area contributed by atoms with E-state index in [2.05, 4.69) is 0 Å². The molecule has 1 aromatic carbocycles. The lowest BCUT2D eigenvalue weighted by Gasteiger charge is -2.34. The number of hydrogen-bond acceptors (Lipinski definition) is 2. The first-order valence-electron chi connectivity index (χ1n) is 5.89. The molecule has 1 aliphatic rings. The second-order valence-electron chi connectivity index (χ2n) is 4.69. The van der Waals surface area contributed by atoms with Crippen LogP contribution in [0, 0.1) is 11.6 Å². The molecule has 0 radical (unpaired) electrons. The number of halogens is 2. The average Bonchev–Trinajstić information content (AvgIpc) is 2.33. The Hall–Kier alpha value is -1.16. The minimum Gasteiger partial charge on any atom is -0.494 e. The Labute approximate surface area is 99.8 Å². The van der Waals surface area contributed by atoms with E-state index in [1.807, 2.05) is 0 Å². The topological polar surface area (TPSA) is 35.2 Å². The van der Waals surface area contributed by atoms with Crippen molar-refractivity contribution in [1.29, 1.82) is 0 Å². The van der Waals surface area contributed by atoms with Crippen LogP contribution in [0.4, 0.5) is 8.78 Å². The zero-order valence-electron chi connectivity index (χ0n) is 9.93. The summed E-state index contributed by atoms with van der Waals surface area (Å²) in [7, 11) is 1.33. The van der Waals surface area contributed by atoms with E-state index in [1.54, 1.807) is 0 Å². The van der Waals surface area contributed by atoms with E-state index in [1.165, 1.54) is 19.2 Å². The van der Waals surface area contributed by atoms with Gasteiger partial charge in [0, 0.05) is 5.54 Å². The van der Waals surface area contributed by atoms with E-state index in [0.29, 0.717) is 5.56 Å². The largest absolute Gasteiger partial charge is 0.494 e. The third kappa shape index (κ3) is 2.27. The minimum atomic E-state index is -0.948. The molecule has 17 heavy (non-hydrogen) atoms. The minimum absolute atomic E-state index is 0.0737. The fraction of sp³-hybridized carbons (Fsp3) is 0.538. The molecule has 0 aromatic heterocycles. The molecule has 0 unspecified atom stereocenters. The Morgan fingerprint density at radius 3 is 2.41 bits per heavy atom. The van der Waals surface area contributed by atoms with Gasteiger partial charge in [-0.15, -0.1) is 0 Å². The molecular weight excluding hydrogens is 224 g/mol. The first kappa shape index (κ1) is 12.3. The van der Waals surface area contributed by atoms with Crippen molar-refractivity contribution in [3.8, 4) is 5.75 Å². The lowest BCUT2D eigenvalue weighted by atomic mass is 9.77. The highest BCUT2D eigenvalue weighted by Gasteiger charge is 2.31. The monoisotopic (exact) mass is 241 g/mol.